The van der Waals surface area contributed by atoms with Crippen molar-refractivity contribution in [1.29, 1.82) is 0 Å². The summed E-state index contributed by atoms with van der Waals surface area (Å²) in [5.74, 6) is 0.704. The summed E-state index contributed by atoms with van der Waals surface area (Å²) >= 11 is 8.44. The molecule has 2 nitrogen and oxygen atoms in total. The maximum atomic E-state index is 6.10. The molecule has 0 unspecified atom stereocenters. The Balaban J connectivity index is 2.05. The molecule has 100 valence electrons. The van der Waals surface area contributed by atoms with Gasteiger partial charge in [0.25, 0.3) is 0 Å². The van der Waals surface area contributed by atoms with Gasteiger partial charge in [0.1, 0.15) is 5.75 Å². The molecular weight excluding hydrogens is 373 g/mol. The average molecular weight is 388 g/mol. The molecule has 0 radical (unpaired) electrons. The fourth-order valence-electron chi connectivity index (χ4n) is 1.73. The van der Waals surface area contributed by atoms with Gasteiger partial charge in [-0.25, -0.2) is 0 Å². The molecule has 1 N–H and O–H groups in total. The van der Waals surface area contributed by atoms with E-state index in [4.69, 9.17) is 16.3 Å². The zero-order valence-corrected chi connectivity index (χ0v) is 13.7. The largest absolute Gasteiger partial charge is 0.495 e. The van der Waals surface area contributed by atoms with Crippen LogP contribution in [0.3, 0.4) is 0 Å². The number of methoxy groups -OCH3 is 1. The summed E-state index contributed by atoms with van der Waals surface area (Å²) in [5, 5.41) is 4.03. The van der Waals surface area contributed by atoms with Gasteiger partial charge in [-0.05, 0) is 64.9 Å². The number of aryl methyl sites for hydroxylation is 1. The molecule has 0 aliphatic rings. The van der Waals surface area contributed by atoms with Crippen molar-refractivity contribution < 1.29 is 4.74 Å². The van der Waals surface area contributed by atoms with Gasteiger partial charge in [0.15, 0.2) is 0 Å². The van der Waals surface area contributed by atoms with Crippen LogP contribution in [-0.2, 0) is 6.54 Å². The number of anilines is 1. The molecule has 2 aromatic rings. The second-order valence-electron chi connectivity index (χ2n) is 4.29. The van der Waals surface area contributed by atoms with Crippen LogP contribution in [0.1, 0.15) is 11.1 Å². The molecule has 0 heterocycles. The van der Waals surface area contributed by atoms with Crippen LogP contribution in [-0.4, -0.2) is 7.11 Å². The first-order valence-electron chi connectivity index (χ1n) is 5.92. The number of halogens is 2. The van der Waals surface area contributed by atoms with Gasteiger partial charge in [0.2, 0.25) is 0 Å². The number of hydrogen-bond donors (Lipinski definition) is 1. The molecule has 2 rings (SSSR count). The lowest BCUT2D eigenvalue weighted by molar-refractivity contribution is 0.415. The highest BCUT2D eigenvalue weighted by Gasteiger charge is 2.02. The Kier molecular flexibility index (Phi) is 4.93. The van der Waals surface area contributed by atoms with E-state index in [1.54, 1.807) is 7.11 Å². The van der Waals surface area contributed by atoms with Crippen molar-refractivity contribution >= 4 is 39.9 Å². The number of rotatable bonds is 4. The molecule has 0 saturated heterocycles. The Labute approximate surface area is 132 Å². The monoisotopic (exact) mass is 387 g/mol. The van der Waals surface area contributed by atoms with Crippen LogP contribution >= 0.6 is 34.2 Å². The van der Waals surface area contributed by atoms with Crippen molar-refractivity contribution in [2.45, 2.75) is 13.5 Å². The number of ether oxygens (including phenoxy) is 1. The van der Waals surface area contributed by atoms with Crippen LogP contribution in [0.2, 0.25) is 5.02 Å². The fraction of sp³-hybridized carbons (Fsp3) is 0.200. The van der Waals surface area contributed by atoms with Crippen molar-refractivity contribution in [2.75, 3.05) is 12.4 Å². The summed E-state index contributed by atoms with van der Waals surface area (Å²) in [6.45, 7) is 2.84. The molecule has 0 fully saturated rings. The van der Waals surface area contributed by atoms with E-state index in [2.05, 4.69) is 53.0 Å². The Bertz CT molecular complexity index is 586. The zero-order valence-electron chi connectivity index (χ0n) is 10.8. The molecule has 0 amide bonds. The van der Waals surface area contributed by atoms with Crippen LogP contribution in [0, 0.1) is 10.5 Å². The normalized spacial score (nSPS) is 10.3. The number of nitrogens with one attached hydrogen (secondary N) is 1. The predicted octanol–water partition coefficient (Wildman–Crippen LogP) is 4.87. The molecule has 0 aromatic heterocycles. The van der Waals surface area contributed by atoms with Gasteiger partial charge in [-0.2, -0.15) is 0 Å². The van der Waals surface area contributed by atoms with Crippen molar-refractivity contribution in [2.24, 2.45) is 0 Å². The van der Waals surface area contributed by atoms with E-state index in [1.807, 2.05) is 18.2 Å². The standard InChI is InChI=1S/C15H15ClINO/c1-10-3-5-12(8-14(10)17)18-9-11-4-6-15(19-2)13(16)7-11/h3-8,18H,9H2,1-2H3. The Hall–Kier alpha value is -0.940. The molecule has 4 heteroatoms. The predicted molar refractivity (Wildman–Crippen MR) is 89.2 cm³/mol. The Morgan fingerprint density at radius 1 is 1.21 bits per heavy atom. The second kappa shape index (κ2) is 6.48. The smallest absolute Gasteiger partial charge is 0.137 e. The molecule has 0 saturated carbocycles. The highest BCUT2D eigenvalue weighted by atomic mass is 127. The lowest BCUT2D eigenvalue weighted by atomic mass is 10.2. The first-order chi connectivity index (χ1) is 9.10. The minimum Gasteiger partial charge on any atom is -0.495 e. The second-order valence-corrected chi connectivity index (χ2v) is 5.86. The molecule has 0 atom stereocenters. The molecule has 2 aromatic carbocycles. The summed E-state index contributed by atoms with van der Waals surface area (Å²) in [6, 6.07) is 12.2. The first-order valence-corrected chi connectivity index (χ1v) is 7.38. The van der Waals surface area contributed by atoms with Crippen LogP contribution in [0.4, 0.5) is 5.69 Å². The highest BCUT2D eigenvalue weighted by Crippen LogP contribution is 2.25. The summed E-state index contributed by atoms with van der Waals surface area (Å²) < 4.78 is 6.40. The topological polar surface area (TPSA) is 21.3 Å². The van der Waals surface area contributed by atoms with E-state index in [-0.39, 0.29) is 0 Å². The van der Waals surface area contributed by atoms with E-state index >= 15 is 0 Å². The van der Waals surface area contributed by atoms with E-state index in [0.717, 1.165) is 17.8 Å². The van der Waals surface area contributed by atoms with Crippen molar-refractivity contribution in [1.82, 2.24) is 0 Å². The van der Waals surface area contributed by atoms with E-state index in [1.165, 1.54) is 9.13 Å². The third-order valence-corrected chi connectivity index (χ3v) is 4.34. The van der Waals surface area contributed by atoms with Crippen molar-refractivity contribution in [3.8, 4) is 5.75 Å². The maximum absolute atomic E-state index is 6.10. The average Bonchev–Trinajstić information content (AvgIpc) is 2.40. The van der Waals surface area contributed by atoms with Crippen LogP contribution in [0.5, 0.6) is 5.75 Å². The fourth-order valence-corrected chi connectivity index (χ4v) is 2.52. The van der Waals surface area contributed by atoms with E-state index < -0.39 is 0 Å². The lowest BCUT2D eigenvalue weighted by Crippen LogP contribution is -2.00. The number of benzene rings is 2. The summed E-state index contributed by atoms with van der Waals surface area (Å²) in [5.41, 5.74) is 3.53. The third kappa shape index (κ3) is 3.76. The minimum atomic E-state index is 0.639. The molecule has 0 bridgehead atoms. The van der Waals surface area contributed by atoms with Crippen molar-refractivity contribution in [3.05, 3.63) is 56.1 Å². The molecular formula is C15H15ClINO. The number of hydrogen-bond acceptors (Lipinski definition) is 2. The molecule has 0 aliphatic heterocycles. The van der Waals surface area contributed by atoms with Crippen LogP contribution in [0.25, 0.3) is 0 Å². The van der Waals surface area contributed by atoms with E-state index in [0.29, 0.717) is 10.8 Å². The van der Waals surface area contributed by atoms with Crippen LogP contribution in [0.15, 0.2) is 36.4 Å². The summed E-state index contributed by atoms with van der Waals surface area (Å²) in [4.78, 5) is 0. The summed E-state index contributed by atoms with van der Waals surface area (Å²) in [6.07, 6.45) is 0. The van der Waals surface area contributed by atoms with E-state index in [9.17, 15) is 0 Å². The van der Waals surface area contributed by atoms with Crippen molar-refractivity contribution in [3.63, 3.8) is 0 Å². The van der Waals surface area contributed by atoms with Crippen LogP contribution < -0.4 is 10.1 Å². The third-order valence-electron chi connectivity index (χ3n) is 2.88. The van der Waals surface area contributed by atoms with Gasteiger partial charge >= 0.3 is 0 Å². The molecule has 0 spiro atoms. The Morgan fingerprint density at radius 2 is 2.00 bits per heavy atom. The maximum Gasteiger partial charge on any atom is 0.137 e. The minimum absolute atomic E-state index is 0.639. The van der Waals surface area contributed by atoms with Gasteiger partial charge in [-0.3, -0.25) is 0 Å². The van der Waals surface area contributed by atoms with Gasteiger partial charge in [-0.15, -0.1) is 0 Å². The SMILES string of the molecule is COc1ccc(CNc2ccc(C)c(I)c2)cc1Cl. The molecule has 0 aliphatic carbocycles. The quantitative estimate of drug-likeness (QED) is 0.756. The first kappa shape index (κ1) is 14.5. The summed E-state index contributed by atoms with van der Waals surface area (Å²) in [7, 11) is 1.62. The van der Waals surface area contributed by atoms with Gasteiger partial charge in [0.05, 0.1) is 12.1 Å². The Morgan fingerprint density at radius 3 is 2.63 bits per heavy atom. The highest BCUT2D eigenvalue weighted by molar-refractivity contribution is 14.1. The van der Waals surface area contributed by atoms with Gasteiger partial charge < -0.3 is 10.1 Å². The van der Waals surface area contributed by atoms with Gasteiger partial charge in [-0.1, -0.05) is 23.7 Å². The lowest BCUT2D eigenvalue weighted by Gasteiger charge is -2.10. The zero-order chi connectivity index (χ0) is 13.8. The van der Waals surface area contributed by atoms with Gasteiger partial charge in [0, 0.05) is 15.8 Å². The molecule has 19 heavy (non-hydrogen) atoms.